The number of thiophene rings is 1. The molecule has 0 radical (unpaired) electrons. The van der Waals surface area contributed by atoms with Crippen molar-refractivity contribution in [2.45, 2.75) is 33.8 Å². The van der Waals surface area contributed by atoms with Gasteiger partial charge in [0.15, 0.2) is 5.82 Å². The lowest BCUT2D eigenvalue weighted by Gasteiger charge is -2.05. The standard InChI is InChI=1S/C14H21N3O2S/c1-4-5-18-6-7-19-8-11-16-13(15)12-9(2)10(3)20-14(12)17-11/h4-8H2,1-3H3,(H2,15,16,17). The van der Waals surface area contributed by atoms with Crippen LogP contribution in [0.1, 0.15) is 29.6 Å². The van der Waals surface area contributed by atoms with Crippen LogP contribution in [-0.2, 0) is 16.1 Å². The van der Waals surface area contributed by atoms with Crippen LogP contribution < -0.4 is 5.73 Å². The van der Waals surface area contributed by atoms with Gasteiger partial charge in [-0.3, -0.25) is 0 Å². The quantitative estimate of drug-likeness (QED) is 0.795. The van der Waals surface area contributed by atoms with Gasteiger partial charge in [0.1, 0.15) is 17.3 Å². The third-order valence-electron chi connectivity index (χ3n) is 3.05. The summed E-state index contributed by atoms with van der Waals surface area (Å²) in [5.74, 6) is 1.17. The molecule has 0 unspecified atom stereocenters. The van der Waals surface area contributed by atoms with Gasteiger partial charge in [0.25, 0.3) is 0 Å². The van der Waals surface area contributed by atoms with Crippen molar-refractivity contribution >= 4 is 27.4 Å². The Balaban J connectivity index is 1.98. The molecule has 2 heterocycles. The molecule has 0 bridgehead atoms. The summed E-state index contributed by atoms with van der Waals surface area (Å²) < 4.78 is 10.9. The Labute approximate surface area is 123 Å². The molecule has 0 atom stereocenters. The van der Waals surface area contributed by atoms with Crippen molar-refractivity contribution < 1.29 is 9.47 Å². The van der Waals surface area contributed by atoms with E-state index < -0.39 is 0 Å². The Bertz CT molecular complexity index is 583. The SMILES string of the molecule is CCCOCCOCc1nc(N)c2c(C)c(C)sc2n1. The summed E-state index contributed by atoms with van der Waals surface area (Å²) in [5.41, 5.74) is 7.19. The van der Waals surface area contributed by atoms with E-state index in [2.05, 4.69) is 30.7 Å². The highest BCUT2D eigenvalue weighted by Crippen LogP contribution is 2.31. The molecule has 0 aliphatic rings. The molecule has 110 valence electrons. The van der Waals surface area contributed by atoms with Gasteiger partial charge in [-0.2, -0.15) is 0 Å². The molecule has 20 heavy (non-hydrogen) atoms. The first-order chi connectivity index (χ1) is 9.63. The largest absolute Gasteiger partial charge is 0.383 e. The molecule has 2 aromatic heterocycles. The summed E-state index contributed by atoms with van der Waals surface area (Å²) >= 11 is 1.65. The normalized spacial score (nSPS) is 11.3. The number of nitrogens with zero attached hydrogens (tertiary/aromatic N) is 2. The van der Waals surface area contributed by atoms with Gasteiger partial charge in [-0.05, 0) is 25.8 Å². The molecule has 0 aliphatic carbocycles. The molecule has 0 saturated heterocycles. The van der Waals surface area contributed by atoms with E-state index >= 15 is 0 Å². The number of nitrogen functional groups attached to an aromatic ring is 1. The van der Waals surface area contributed by atoms with E-state index in [-0.39, 0.29) is 0 Å². The second-order valence-electron chi connectivity index (χ2n) is 4.65. The number of fused-ring (bicyclic) bond motifs is 1. The Morgan fingerprint density at radius 3 is 2.60 bits per heavy atom. The lowest BCUT2D eigenvalue weighted by Crippen LogP contribution is -2.07. The number of rotatable bonds is 7. The monoisotopic (exact) mass is 295 g/mol. The summed E-state index contributed by atoms with van der Waals surface area (Å²) in [6.45, 7) is 8.49. The molecule has 0 amide bonds. The van der Waals surface area contributed by atoms with Crippen molar-refractivity contribution in [2.75, 3.05) is 25.6 Å². The second-order valence-corrected chi connectivity index (χ2v) is 5.86. The van der Waals surface area contributed by atoms with Gasteiger partial charge in [-0.1, -0.05) is 6.92 Å². The van der Waals surface area contributed by atoms with Crippen LogP contribution in [0.15, 0.2) is 0 Å². The van der Waals surface area contributed by atoms with Crippen LogP contribution in [0, 0.1) is 13.8 Å². The van der Waals surface area contributed by atoms with Gasteiger partial charge in [-0.15, -0.1) is 11.3 Å². The van der Waals surface area contributed by atoms with E-state index in [1.165, 1.54) is 10.4 Å². The van der Waals surface area contributed by atoms with E-state index in [4.69, 9.17) is 15.2 Å². The average Bonchev–Trinajstić information content (AvgIpc) is 2.69. The summed E-state index contributed by atoms with van der Waals surface area (Å²) in [7, 11) is 0. The maximum absolute atomic E-state index is 6.02. The van der Waals surface area contributed by atoms with Gasteiger partial charge >= 0.3 is 0 Å². The Morgan fingerprint density at radius 2 is 1.85 bits per heavy atom. The number of aryl methyl sites for hydroxylation is 2. The number of ether oxygens (including phenoxy) is 2. The topological polar surface area (TPSA) is 70.3 Å². The minimum atomic E-state index is 0.367. The van der Waals surface area contributed by atoms with E-state index in [9.17, 15) is 0 Å². The molecule has 2 N–H and O–H groups in total. The predicted molar refractivity (Wildman–Crippen MR) is 82.1 cm³/mol. The molecule has 0 fully saturated rings. The summed E-state index contributed by atoms with van der Waals surface area (Å²) in [6.07, 6.45) is 1.02. The van der Waals surface area contributed by atoms with Crippen molar-refractivity contribution in [1.82, 2.24) is 9.97 Å². The molecule has 2 aromatic rings. The first-order valence-corrected chi connectivity index (χ1v) is 7.62. The fraction of sp³-hybridized carbons (Fsp3) is 0.571. The van der Waals surface area contributed by atoms with E-state index in [0.29, 0.717) is 31.5 Å². The van der Waals surface area contributed by atoms with Crippen LogP contribution in [0.2, 0.25) is 0 Å². The highest BCUT2D eigenvalue weighted by molar-refractivity contribution is 7.18. The van der Waals surface area contributed by atoms with Gasteiger partial charge < -0.3 is 15.2 Å². The zero-order valence-electron chi connectivity index (χ0n) is 12.2. The summed E-state index contributed by atoms with van der Waals surface area (Å²) in [4.78, 5) is 11.0. The van der Waals surface area contributed by atoms with Crippen LogP contribution in [-0.4, -0.2) is 29.8 Å². The minimum Gasteiger partial charge on any atom is -0.383 e. The number of anilines is 1. The Kier molecular flexibility index (Phi) is 5.28. The molecular weight excluding hydrogens is 274 g/mol. The second kappa shape index (κ2) is 6.97. The fourth-order valence-electron chi connectivity index (χ4n) is 1.92. The molecule has 0 aromatic carbocycles. The third-order valence-corrected chi connectivity index (χ3v) is 4.16. The van der Waals surface area contributed by atoms with Gasteiger partial charge in [0, 0.05) is 11.5 Å². The Morgan fingerprint density at radius 1 is 1.10 bits per heavy atom. The lowest BCUT2D eigenvalue weighted by molar-refractivity contribution is 0.0387. The van der Waals surface area contributed by atoms with Gasteiger partial charge in [0.05, 0.1) is 18.6 Å². The van der Waals surface area contributed by atoms with Crippen molar-refractivity contribution in [2.24, 2.45) is 0 Å². The maximum Gasteiger partial charge on any atom is 0.158 e. The van der Waals surface area contributed by atoms with E-state index in [0.717, 1.165) is 23.2 Å². The Hall–Kier alpha value is -1.24. The van der Waals surface area contributed by atoms with Gasteiger partial charge in [0.2, 0.25) is 0 Å². The minimum absolute atomic E-state index is 0.367. The fourth-order valence-corrected chi connectivity index (χ4v) is 2.97. The molecule has 0 spiro atoms. The van der Waals surface area contributed by atoms with Crippen LogP contribution in [0.3, 0.4) is 0 Å². The third kappa shape index (κ3) is 3.45. The molecule has 2 rings (SSSR count). The smallest absolute Gasteiger partial charge is 0.158 e. The summed E-state index contributed by atoms with van der Waals surface area (Å²) in [6, 6.07) is 0. The number of aromatic nitrogens is 2. The first-order valence-electron chi connectivity index (χ1n) is 6.81. The number of nitrogens with two attached hydrogens (primary N) is 1. The van der Waals surface area contributed by atoms with Crippen molar-refractivity contribution in [3.63, 3.8) is 0 Å². The average molecular weight is 295 g/mol. The predicted octanol–water partition coefficient (Wildman–Crippen LogP) is 2.83. The summed E-state index contributed by atoms with van der Waals surface area (Å²) in [5, 5.41) is 0.975. The molecule has 5 nitrogen and oxygen atoms in total. The molecule has 6 heteroatoms. The van der Waals surface area contributed by atoms with Crippen LogP contribution in [0.4, 0.5) is 5.82 Å². The molecule has 0 saturated carbocycles. The zero-order chi connectivity index (χ0) is 14.5. The lowest BCUT2D eigenvalue weighted by atomic mass is 10.2. The van der Waals surface area contributed by atoms with Crippen molar-refractivity contribution in [3.05, 3.63) is 16.3 Å². The zero-order valence-corrected chi connectivity index (χ0v) is 13.0. The highest BCUT2D eigenvalue weighted by Gasteiger charge is 2.12. The number of hydrogen-bond acceptors (Lipinski definition) is 6. The molecule has 0 aliphatic heterocycles. The first kappa shape index (κ1) is 15.2. The molecular formula is C14H21N3O2S. The number of hydrogen-bond donors (Lipinski definition) is 1. The van der Waals surface area contributed by atoms with Gasteiger partial charge in [-0.25, -0.2) is 9.97 Å². The highest BCUT2D eigenvalue weighted by atomic mass is 32.1. The van der Waals surface area contributed by atoms with Crippen LogP contribution in [0.25, 0.3) is 10.2 Å². The van der Waals surface area contributed by atoms with E-state index in [1.807, 2.05) is 0 Å². The maximum atomic E-state index is 6.02. The van der Waals surface area contributed by atoms with Crippen molar-refractivity contribution in [1.29, 1.82) is 0 Å². The van der Waals surface area contributed by atoms with Crippen molar-refractivity contribution in [3.8, 4) is 0 Å². The van der Waals surface area contributed by atoms with Crippen LogP contribution >= 0.6 is 11.3 Å². The van der Waals surface area contributed by atoms with E-state index in [1.54, 1.807) is 11.3 Å². The van der Waals surface area contributed by atoms with Crippen LogP contribution in [0.5, 0.6) is 0 Å².